The van der Waals surface area contributed by atoms with Crippen LogP contribution in [0.1, 0.15) is 40.5 Å². The van der Waals surface area contributed by atoms with Crippen molar-refractivity contribution < 1.29 is 13.5 Å². The van der Waals surface area contributed by atoms with Crippen LogP contribution in [0, 0.1) is 5.92 Å². The Labute approximate surface area is 106 Å². The normalized spacial score (nSPS) is 16.1. The van der Waals surface area contributed by atoms with E-state index in [0.29, 0.717) is 18.8 Å². The van der Waals surface area contributed by atoms with E-state index in [0.717, 1.165) is 13.1 Å². The summed E-state index contributed by atoms with van der Waals surface area (Å²) in [6.45, 7) is 9.22. The maximum Gasteiger partial charge on any atom is 0.150 e. The molecular formula is C12H27NO3S. The van der Waals surface area contributed by atoms with E-state index in [2.05, 4.69) is 19.2 Å². The second-order valence-electron chi connectivity index (χ2n) is 5.33. The third-order valence-electron chi connectivity index (χ3n) is 2.78. The van der Waals surface area contributed by atoms with Crippen molar-refractivity contribution in [1.82, 2.24) is 5.32 Å². The molecule has 1 unspecified atom stereocenters. The van der Waals surface area contributed by atoms with Crippen LogP contribution >= 0.6 is 0 Å². The standard InChI is InChI=1S/C12H27NO3S/c1-5-17(15,16)9-7-12(4,14)6-8-13-10-11(2)3/h11,13-14H,5-10H2,1-4H3. The summed E-state index contributed by atoms with van der Waals surface area (Å²) >= 11 is 0. The summed E-state index contributed by atoms with van der Waals surface area (Å²) in [6.07, 6.45) is 0.894. The van der Waals surface area contributed by atoms with Gasteiger partial charge in [-0.1, -0.05) is 20.8 Å². The monoisotopic (exact) mass is 265 g/mol. The maximum absolute atomic E-state index is 11.3. The highest BCUT2D eigenvalue weighted by molar-refractivity contribution is 7.91. The van der Waals surface area contributed by atoms with Gasteiger partial charge >= 0.3 is 0 Å². The highest BCUT2D eigenvalue weighted by Crippen LogP contribution is 2.15. The number of nitrogens with one attached hydrogen (secondary N) is 1. The predicted octanol–water partition coefficient (Wildman–Crippen LogP) is 1.20. The van der Waals surface area contributed by atoms with Crippen LogP contribution in [-0.2, 0) is 9.84 Å². The first kappa shape index (κ1) is 16.9. The van der Waals surface area contributed by atoms with Gasteiger partial charge in [0.05, 0.1) is 11.4 Å². The molecule has 0 bridgehead atoms. The quantitative estimate of drug-likeness (QED) is 0.615. The molecule has 5 heteroatoms. The highest BCUT2D eigenvalue weighted by Gasteiger charge is 2.22. The average Bonchev–Trinajstić information content (AvgIpc) is 2.22. The van der Waals surface area contributed by atoms with Crippen LogP contribution in [-0.4, -0.2) is 43.7 Å². The minimum absolute atomic E-state index is 0.0701. The summed E-state index contributed by atoms with van der Waals surface area (Å²) in [5.74, 6) is 0.801. The van der Waals surface area contributed by atoms with Crippen LogP contribution in [0.25, 0.3) is 0 Å². The van der Waals surface area contributed by atoms with Gasteiger partial charge < -0.3 is 10.4 Å². The Kier molecular flexibility index (Phi) is 7.28. The molecule has 17 heavy (non-hydrogen) atoms. The Hall–Kier alpha value is -0.130. The number of aliphatic hydroxyl groups is 1. The number of sulfone groups is 1. The lowest BCUT2D eigenvalue weighted by molar-refractivity contribution is 0.0479. The minimum Gasteiger partial charge on any atom is -0.390 e. The zero-order valence-electron chi connectivity index (χ0n) is 11.5. The summed E-state index contributed by atoms with van der Waals surface area (Å²) in [4.78, 5) is 0. The third-order valence-corrected chi connectivity index (χ3v) is 4.49. The molecule has 0 amide bonds. The molecule has 0 saturated carbocycles. The van der Waals surface area contributed by atoms with Gasteiger partial charge in [-0.05, 0) is 38.8 Å². The topological polar surface area (TPSA) is 66.4 Å². The van der Waals surface area contributed by atoms with Gasteiger partial charge in [0.2, 0.25) is 0 Å². The van der Waals surface area contributed by atoms with Crippen molar-refractivity contribution in [2.24, 2.45) is 5.92 Å². The first-order valence-corrected chi connectivity index (χ1v) is 8.14. The van der Waals surface area contributed by atoms with Crippen LogP contribution in [0.3, 0.4) is 0 Å². The number of rotatable bonds is 9. The van der Waals surface area contributed by atoms with Crippen molar-refractivity contribution in [3.05, 3.63) is 0 Å². The zero-order chi connectivity index (χ0) is 13.5. The maximum atomic E-state index is 11.3. The predicted molar refractivity (Wildman–Crippen MR) is 71.9 cm³/mol. The summed E-state index contributed by atoms with van der Waals surface area (Å²) in [7, 11) is -2.98. The van der Waals surface area contributed by atoms with Crippen LogP contribution in [0.2, 0.25) is 0 Å². The summed E-state index contributed by atoms with van der Waals surface area (Å²) in [5.41, 5.74) is -0.897. The lowest BCUT2D eigenvalue weighted by atomic mass is 9.99. The van der Waals surface area contributed by atoms with E-state index in [-0.39, 0.29) is 11.5 Å². The molecule has 0 spiro atoms. The Bertz CT molecular complexity index is 297. The first-order chi connectivity index (χ1) is 7.68. The fourth-order valence-corrected chi connectivity index (χ4v) is 2.43. The van der Waals surface area contributed by atoms with Crippen LogP contribution in [0.15, 0.2) is 0 Å². The molecule has 0 aliphatic rings. The van der Waals surface area contributed by atoms with Gasteiger partial charge in [0, 0.05) is 5.75 Å². The van der Waals surface area contributed by atoms with Gasteiger partial charge in [0.25, 0.3) is 0 Å². The second kappa shape index (κ2) is 7.34. The van der Waals surface area contributed by atoms with Crippen molar-refractivity contribution in [2.45, 2.75) is 46.1 Å². The number of hydrogen-bond donors (Lipinski definition) is 2. The van der Waals surface area contributed by atoms with E-state index >= 15 is 0 Å². The van der Waals surface area contributed by atoms with Gasteiger partial charge in [0.15, 0.2) is 0 Å². The smallest absolute Gasteiger partial charge is 0.150 e. The number of hydrogen-bond acceptors (Lipinski definition) is 4. The molecule has 0 aromatic carbocycles. The molecule has 0 rings (SSSR count). The Morgan fingerprint density at radius 2 is 1.88 bits per heavy atom. The minimum atomic E-state index is -2.98. The van der Waals surface area contributed by atoms with E-state index in [4.69, 9.17) is 0 Å². The molecule has 0 aliphatic heterocycles. The van der Waals surface area contributed by atoms with Gasteiger partial charge in [-0.2, -0.15) is 0 Å². The Morgan fingerprint density at radius 3 is 2.35 bits per heavy atom. The Balaban J connectivity index is 3.88. The molecule has 2 N–H and O–H groups in total. The second-order valence-corrected chi connectivity index (χ2v) is 7.80. The average molecular weight is 265 g/mol. The molecule has 0 aliphatic carbocycles. The third kappa shape index (κ3) is 9.56. The van der Waals surface area contributed by atoms with E-state index < -0.39 is 15.4 Å². The van der Waals surface area contributed by atoms with Gasteiger partial charge in [-0.15, -0.1) is 0 Å². The van der Waals surface area contributed by atoms with Crippen LogP contribution in [0.5, 0.6) is 0 Å². The SMILES string of the molecule is CCS(=O)(=O)CCC(C)(O)CCNCC(C)C. The summed E-state index contributed by atoms with van der Waals surface area (Å²) in [5, 5.41) is 13.3. The van der Waals surface area contributed by atoms with E-state index in [1.165, 1.54) is 0 Å². The molecule has 0 aromatic rings. The largest absolute Gasteiger partial charge is 0.390 e. The molecule has 4 nitrogen and oxygen atoms in total. The van der Waals surface area contributed by atoms with Crippen molar-refractivity contribution in [1.29, 1.82) is 0 Å². The molecule has 1 atom stereocenters. The summed E-state index contributed by atoms with van der Waals surface area (Å²) in [6, 6.07) is 0. The van der Waals surface area contributed by atoms with Gasteiger partial charge in [0.1, 0.15) is 9.84 Å². The van der Waals surface area contributed by atoms with Crippen molar-refractivity contribution in [3.63, 3.8) is 0 Å². The molecule has 0 saturated heterocycles. The van der Waals surface area contributed by atoms with E-state index in [9.17, 15) is 13.5 Å². The zero-order valence-corrected chi connectivity index (χ0v) is 12.3. The molecule has 0 aromatic heterocycles. The van der Waals surface area contributed by atoms with Gasteiger partial charge in [-0.25, -0.2) is 8.42 Å². The lowest BCUT2D eigenvalue weighted by Gasteiger charge is -2.23. The lowest BCUT2D eigenvalue weighted by Crippen LogP contribution is -2.33. The molecule has 104 valence electrons. The molecule has 0 radical (unpaired) electrons. The summed E-state index contributed by atoms with van der Waals surface area (Å²) < 4.78 is 22.7. The first-order valence-electron chi connectivity index (χ1n) is 6.32. The molecule has 0 fully saturated rings. The van der Waals surface area contributed by atoms with Crippen molar-refractivity contribution >= 4 is 9.84 Å². The fourth-order valence-electron chi connectivity index (χ4n) is 1.39. The Morgan fingerprint density at radius 1 is 1.29 bits per heavy atom. The van der Waals surface area contributed by atoms with E-state index in [1.54, 1.807) is 13.8 Å². The van der Waals surface area contributed by atoms with Crippen molar-refractivity contribution in [2.75, 3.05) is 24.6 Å². The molecule has 0 heterocycles. The van der Waals surface area contributed by atoms with Gasteiger partial charge in [-0.3, -0.25) is 0 Å². The van der Waals surface area contributed by atoms with Crippen molar-refractivity contribution in [3.8, 4) is 0 Å². The highest BCUT2D eigenvalue weighted by atomic mass is 32.2. The van der Waals surface area contributed by atoms with Crippen LogP contribution < -0.4 is 5.32 Å². The molecular weight excluding hydrogens is 238 g/mol. The van der Waals surface area contributed by atoms with Crippen LogP contribution in [0.4, 0.5) is 0 Å². The van der Waals surface area contributed by atoms with E-state index in [1.807, 2.05) is 0 Å². The fraction of sp³-hybridized carbons (Fsp3) is 1.00.